The minimum Gasteiger partial charge on any atom is -0.449 e. The van der Waals surface area contributed by atoms with Crippen LogP contribution in [0.3, 0.4) is 0 Å². The molecule has 0 aliphatic heterocycles. The number of nitrogens with zero attached hydrogens (tertiary/aromatic N) is 1. The van der Waals surface area contributed by atoms with Crippen LogP contribution in [0.2, 0.25) is 0 Å². The fraction of sp³-hybridized carbons (Fsp3) is 0.467. The summed E-state index contributed by atoms with van der Waals surface area (Å²) in [6.45, 7) is 3.87. The lowest BCUT2D eigenvalue weighted by molar-refractivity contribution is -0.129. The first-order valence-electron chi connectivity index (χ1n) is 7.21. The molecule has 128 valence electrons. The van der Waals surface area contributed by atoms with Gasteiger partial charge < -0.3 is 10.1 Å². The summed E-state index contributed by atoms with van der Waals surface area (Å²) in [6, 6.07) is 5.51. The summed E-state index contributed by atoms with van der Waals surface area (Å²) in [6.07, 6.45) is -0.181. The van der Waals surface area contributed by atoms with Crippen LogP contribution in [0.4, 0.5) is 0 Å². The van der Waals surface area contributed by atoms with Gasteiger partial charge in [0.1, 0.15) is 0 Å². The van der Waals surface area contributed by atoms with E-state index >= 15 is 0 Å². The zero-order valence-electron chi connectivity index (χ0n) is 13.7. The Kier molecular flexibility index (Phi) is 6.71. The number of nitrogens with one attached hydrogen (secondary N) is 1. The first-order chi connectivity index (χ1) is 10.7. The molecule has 0 bridgehead atoms. The van der Waals surface area contributed by atoms with Crippen LogP contribution in [-0.4, -0.2) is 51.3 Å². The lowest BCUT2D eigenvalue weighted by Crippen LogP contribution is -2.36. The molecule has 0 aliphatic carbocycles. The van der Waals surface area contributed by atoms with Gasteiger partial charge in [-0.3, -0.25) is 4.79 Å². The highest BCUT2D eigenvalue weighted by atomic mass is 32.2. The molecule has 1 rings (SSSR count). The van der Waals surface area contributed by atoms with Crippen molar-refractivity contribution >= 4 is 21.9 Å². The molecule has 23 heavy (non-hydrogen) atoms. The first kappa shape index (κ1) is 19.1. The summed E-state index contributed by atoms with van der Waals surface area (Å²) in [5.74, 6) is -1.14. The molecule has 1 aromatic carbocycles. The Morgan fingerprint density at radius 1 is 1.30 bits per heavy atom. The van der Waals surface area contributed by atoms with Crippen LogP contribution in [0.25, 0.3) is 0 Å². The first-order valence-corrected chi connectivity index (χ1v) is 8.65. The Hall–Kier alpha value is -1.93. The number of rotatable bonds is 7. The van der Waals surface area contributed by atoms with Gasteiger partial charge >= 0.3 is 5.97 Å². The number of carbonyl (C=O) groups is 2. The maximum Gasteiger partial charge on any atom is 0.338 e. The molecular formula is C15H22N2O5S. The molecule has 1 N–H and O–H groups in total. The maximum atomic E-state index is 12.1. The van der Waals surface area contributed by atoms with E-state index < -0.39 is 28.0 Å². The van der Waals surface area contributed by atoms with E-state index in [0.717, 1.165) is 10.7 Å². The molecule has 8 heteroatoms. The number of esters is 1. The molecule has 0 spiro atoms. The van der Waals surface area contributed by atoms with Crippen molar-refractivity contribution in [2.45, 2.75) is 31.3 Å². The third kappa shape index (κ3) is 5.04. The minimum atomic E-state index is -3.64. The van der Waals surface area contributed by atoms with E-state index in [2.05, 4.69) is 5.32 Å². The molecule has 1 aromatic rings. The van der Waals surface area contributed by atoms with E-state index in [0.29, 0.717) is 6.54 Å². The largest absolute Gasteiger partial charge is 0.449 e. The fourth-order valence-corrected chi connectivity index (χ4v) is 2.62. The van der Waals surface area contributed by atoms with Gasteiger partial charge in [-0.1, -0.05) is 13.0 Å². The third-order valence-corrected chi connectivity index (χ3v) is 4.86. The Morgan fingerprint density at radius 2 is 1.96 bits per heavy atom. The molecule has 0 radical (unpaired) electrons. The second-order valence-corrected chi connectivity index (χ2v) is 7.31. The number of benzene rings is 1. The molecule has 0 fully saturated rings. The summed E-state index contributed by atoms with van der Waals surface area (Å²) >= 11 is 0. The molecule has 1 atom stereocenters. The molecule has 7 nitrogen and oxygen atoms in total. The zero-order chi connectivity index (χ0) is 17.6. The SMILES string of the molecule is CCCNC(=O)C(C)OC(=O)c1cccc(S(=O)(=O)N(C)C)c1. The Morgan fingerprint density at radius 3 is 2.52 bits per heavy atom. The van der Waals surface area contributed by atoms with Gasteiger partial charge in [0.2, 0.25) is 10.0 Å². The van der Waals surface area contributed by atoms with E-state index in [9.17, 15) is 18.0 Å². The van der Waals surface area contributed by atoms with Crippen molar-refractivity contribution in [2.24, 2.45) is 0 Å². The molecule has 0 aliphatic rings. The van der Waals surface area contributed by atoms with E-state index in [-0.39, 0.29) is 10.5 Å². The van der Waals surface area contributed by atoms with Gasteiger partial charge in [0.05, 0.1) is 10.5 Å². The van der Waals surface area contributed by atoms with Gasteiger partial charge in [0, 0.05) is 20.6 Å². The minimum absolute atomic E-state index is 0.0139. The molecule has 0 aromatic heterocycles. The number of amides is 1. The fourth-order valence-electron chi connectivity index (χ4n) is 1.67. The van der Waals surface area contributed by atoms with Crippen molar-refractivity contribution in [3.05, 3.63) is 29.8 Å². The van der Waals surface area contributed by atoms with Crippen molar-refractivity contribution in [1.29, 1.82) is 0 Å². The summed E-state index contributed by atoms with van der Waals surface area (Å²) in [7, 11) is -0.837. The van der Waals surface area contributed by atoms with E-state index in [1.54, 1.807) is 0 Å². The standard InChI is InChI=1S/C15H22N2O5S/c1-5-9-16-14(18)11(2)22-15(19)12-7-6-8-13(10-12)23(20,21)17(3)4/h6-8,10-11H,5,9H2,1-4H3,(H,16,18). The number of ether oxygens (including phenoxy) is 1. The van der Waals surface area contributed by atoms with E-state index in [4.69, 9.17) is 4.74 Å². The van der Waals surface area contributed by atoms with Crippen molar-refractivity contribution in [3.63, 3.8) is 0 Å². The second-order valence-electron chi connectivity index (χ2n) is 5.15. The third-order valence-electron chi connectivity index (χ3n) is 3.05. The Bertz CT molecular complexity index is 670. The smallest absolute Gasteiger partial charge is 0.338 e. The molecule has 0 saturated carbocycles. The summed E-state index contributed by atoms with van der Waals surface area (Å²) < 4.78 is 30.2. The number of carbonyl (C=O) groups excluding carboxylic acids is 2. The van der Waals surface area contributed by atoms with Gasteiger partial charge in [-0.2, -0.15) is 0 Å². The molecule has 0 heterocycles. The van der Waals surface area contributed by atoms with Gasteiger partial charge in [-0.25, -0.2) is 17.5 Å². The predicted molar refractivity (Wildman–Crippen MR) is 85.5 cm³/mol. The van der Waals surface area contributed by atoms with Crippen LogP contribution in [0.1, 0.15) is 30.6 Å². The van der Waals surface area contributed by atoms with Crippen molar-refractivity contribution in [2.75, 3.05) is 20.6 Å². The van der Waals surface area contributed by atoms with Gasteiger partial charge in [0.15, 0.2) is 6.10 Å². The average molecular weight is 342 g/mol. The quantitative estimate of drug-likeness (QED) is 0.747. The average Bonchev–Trinajstić information content (AvgIpc) is 2.52. The summed E-state index contributed by atoms with van der Waals surface area (Å²) in [5.41, 5.74) is 0.0723. The number of sulfonamides is 1. The second kappa shape index (κ2) is 8.07. The monoisotopic (exact) mass is 342 g/mol. The highest BCUT2D eigenvalue weighted by Crippen LogP contribution is 2.16. The van der Waals surface area contributed by atoms with Crippen molar-refractivity contribution < 1.29 is 22.7 Å². The molecule has 1 amide bonds. The Balaban J connectivity index is 2.88. The maximum absolute atomic E-state index is 12.1. The van der Waals surface area contributed by atoms with Crippen LogP contribution >= 0.6 is 0 Å². The van der Waals surface area contributed by atoms with Crippen LogP contribution in [0.5, 0.6) is 0 Å². The van der Waals surface area contributed by atoms with Gasteiger partial charge in [0.25, 0.3) is 5.91 Å². The highest BCUT2D eigenvalue weighted by molar-refractivity contribution is 7.89. The van der Waals surface area contributed by atoms with E-state index in [1.807, 2.05) is 6.92 Å². The molecule has 0 saturated heterocycles. The topological polar surface area (TPSA) is 92.8 Å². The van der Waals surface area contributed by atoms with Gasteiger partial charge in [-0.15, -0.1) is 0 Å². The highest BCUT2D eigenvalue weighted by Gasteiger charge is 2.21. The Labute approximate surface area is 136 Å². The number of hydrogen-bond acceptors (Lipinski definition) is 5. The predicted octanol–water partition coefficient (Wildman–Crippen LogP) is 1.01. The zero-order valence-corrected chi connectivity index (χ0v) is 14.5. The summed E-state index contributed by atoms with van der Waals surface area (Å²) in [5, 5.41) is 2.62. The molecular weight excluding hydrogens is 320 g/mol. The summed E-state index contributed by atoms with van der Waals surface area (Å²) in [4.78, 5) is 23.8. The van der Waals surface area contributed by atoms with Crippen molar-refractivity contribution in [1.82, 2.24) is 9.62 Å². The van der Waals surface area contributed by atoms with Crippen molar-refractivity contribution in [3.8, 4) is 0 Å². The molecule has 1 unspecified atom stereocenters. The lowest BCUT2D eigenvalue weighted by Gasteiger charge is -2.14. The van der Waals surface area contributed by atoms with E-state index in [1.165, 1.54) is 45.3 Å². The van der Waals surface area contributed by atoms with Gasteiger partial charge in [-0.05, 0) is 31.5 Å². The van der Waals surface area contributed by atoms with Crippen LogP contribution in [-0.2, 0) is 19.6 Å². The normalized spacial score (nSPS) is 12.7. The lowest BCUT2D eigenvalue weighted by atomic mass is 10.2. The van der Waals surface area contributed by atoms with Crippen LogP contribution in [0, 0.1) is 0 Å². The van der Waals surface area contributed by atoms with Crippen LogP contribution < -0.4 is 5.32 Å². The van der Waals surface area contributed by atoms with Crippen LogP contribution in [0.15, 0.2) is 29.2 Å². The number of hydrogen-bond donors (Lipinski definition) is 1.